The van der Waals surface area contributed by atoms with E-state index >= 15 is 0 Å². The lowest BCUT2D eigenvalue weighted by Crippen LogP contribution is -2.34. The minimum absolute atomic E-state index is 0.0913. The largest absolute Gasteiger partial charge is 0.503 e. The molecule has 0 bridgehead atoms. The molecule has 0 saturated heterocycles. The Morgan fingerprint density at radius 3 is 2.50 bits per heavy atom. The summed E-state index contributed by atoms with van der Waals surface area (Å²) in [6.45, 7) is 3.98. The zero-order valence-corrected chi connectivity index (χ0v) is 19.5. The van der Waals surface area contributed by atoms with Gasteiger partial charge in [-0.05, 0) is 49.6 Å². The van der Waals surface area contributed by atoms with Gasteiger partial charge in [-0.3, -0.25) is 9.59 Å². The number of aryl methyl sites for hydroxylation is 2. The molecule has 4 rings (SSSR count). The number of Topliss-reactive ketones (excluding diaryl/α,β-unsaturated/α-hetero) is 1. The van der Waals surface area contributed by atoms with Crippen LogP contribution in [0.15, 0.2) is 53.1 Å². The molecule has 1 aliphatic heterocycles. The summed E-state index contributed by atoms with van der Waals surface area (Å²) in [6.07, 6.45) is 0. The molecular weight excluding hydrogens is 448 g/mol. The van der Waals surface area contributed by atoms with Gasteiger partial charge in [0.2, 0.25) is 5.78 Å². The molecule has 1 atom stereocenters. The Morgan fingerprint density at radius 1 is 1.19 bits per heavy atom. The van der Waals surface area contributed by atoms with Crippen LogP contribution in [-0.2, 0) is 4.79 Å². The van der Waals surface area contributed by atoms with Crippen molar-refractivity contribution in [1.29, 1.82) is 0 Å². The number of benzene rings is 1. The molecule has 0 aliphatic carbocycles. The number of thiophene rings is 1. The third-order valence-corrected chi connectivity index (χ3v) is 7.13. The van der Waals surface area contributed by atoms with E-state index in [4.69, 9.17) is 9.47 Å². The van der Waals surface area contributed by atoms with Crippen molar-refractivity contribution >= 4 is 34.4 Å². The molecule has 1 aliphatic rings. The van der Waals surface area contributed by atoms with E-state index in [9.17, 15) is 14.7 Å². The van der Waals surface area contributed by atoms with Gasteiger partial charge in [0.15, 0.2) is 5.76 Å². The first-order valence-electron chi connectivity index (χ1n) is 9.93. The summed E-state index contributed by atoms with van der Waals surface area (Å²) in [7, 11) is 1.59. The van der Waals surface area contributed by atoms with Crippen molar-refractivity contribution in [3.8, 4) is 11.5 Å². The predicted octanol–water partition coefficient (Wildman–Crippen LogP) is 4.49. The Hall–Kier alpha value is -3.17. The molecule has 3 aromatic rings. The van der Waals surface area contributed by atoms with E-state index < -0.39 is 17.7 Å². The molecule has 0 fully saturated rings. The second-order valence-electron chi connectivity index (χ2n) is 7.18. The maximum Gasteiger partial charge on any atom is 0.290 e. The zero-order chi connectivity index (χ0) is 22.8. The van der Waals surface area contributed by atoms with Gasteiger partial charge < -0.3 is 19.5 Å². The van der Waals surface area contributed by atoms with Crippen LogP contribution in [0.25, 0.3) is 0 Å². The maximum atomic E-state index is 13.4. The van der Waals surface area contributed by atoms with Crippen molar-refractivity contribution in [3.05, 3.63) is 73.6 Å². The second-order valence-corrected chi connectivity index (χ2v) is 9.36. The van der Waals surface area contributed by atoms with Crippen LogP contribution in [-0.4, -0.2) is 46.9 Å². The molecule has 7 nitrogen and oxygen atoms in total. The summed E-state index contributed by atoms with van der Waals surface area (Å²) in [5, 5.41) is 13.3. The lowest BCUT2D eigenvalue weighted by atomic mass is 10.0. The van der Waals surface area contributed by atoms with Crippen LogP contribution >= 0.6 is 22.7 Å². The van der Waals surface area contributed by atoms with E-state index in [2.05, 4.69) is 4.98 Å². The Bertz CT molecular complexity index is 1170. The summed E-state index contributed by atoms with van der Waals surface area (Å²) in [4.78, 5) is 33.4. The molecule has 1 N–H and O–H groups in total. The van der Waals surface area contributed by atoms with Crippen molar-refractivity contribution in [2.75, 3.05) is 20.3 Å². The van der Waals surface area contributed by atoms with E-state index in [-0.39, 0.29) is 24.5 Å². The summed E-state index contributed by atoms with van der Waals surface area (Å²) in [6, 6.07) is 10.2. The fourth-order valence-electron chi connectivity index (χ4n) is 3.66. The minimum Gasteiger partial charge on any atom is -0.503 e. The molecule has 2 aromatic heterocycles. The smallest absolute Gasteiger partial charge is 0.290 e. The minimum atomic E-state index is -0.670. The molecule has 3 heterocycles. The molecule has 1 unspecified atom stereocenters. The van der Waals surface area contributed by atoms with Crippen molar-refractivity contribution < 1.29 is 24.2 Å². The normalized spacial score (nSPS) is 16.0. The highest BCUT2D eigenvalue weighted by atomic mass is 32.1. The fourth-order valence-corrected chi connectivity index (χ4v) is 5.38. The number of rotatable bonds is 8. The first-order chi connectivity index (χ1) is 15.4. The van der Waals surface area contributed by atoms with Crippen LogP contribution < -0.4 is 9.47 Å². The number of aliphatic hydroxyl groups excluding tert-OH is 1. The molecule has 0 radical (unpaired) electrons. The van der Waals surface area contributed by atoms with Crippen LogP contribution in [0.1, 0.15) is 31.3 Å². The molecule has 0 saturated carbocycles. The average molecular weight is 471 g/mol. The number of amides is 1. The number of ether oxygens (including phenoxy) is 2. The molecule has 9 heteroatoms. The van der Waals surface area contributed by atoms with Gasteiger partial charge in [0.25, 0.3) is 5.91 Å². The number of thiazole rings is 1. The predicted molar refractivity (Wildman–Crippen MR) is 123 cm³/mol. The Balaban J connectivity index is 1.58. The summed E-state index contributed by atoms with van der Waals surface area (Å²) >= 11 is 2.69. The number of ketones is 1. The van der Waals surface area contributed by atoms with E-state index in [1.807, 2.05) is 24.4 Å². The first-order valence-corrected chi connectivity index (χ1v) is 11.6. The van der Waals surface area contributed by atoms with Gasteiger partial charge in [-0.1, -0.05) is 6.07 Å². The Kier molecular flexibility index (Phi) is 6.29. The summed E-state index contributed by atoms with van der Waals surface area (Å²) in [5.41, 5.74) is 0.685. The van der Waals surface area contributed by atoms with Crippen LogP contribution in [0.2, 0.25) is 0 Å². The third kappa shape index (κ3) is 4.13. The van der Waals surface area contributed by atoms with Gasteiger partial charge in [-0.2, -0.15) is 0 Å². The van der Waals surface area contributed by atoms with Crippen molar-refractivity contribution in [2.45, 2.75) is 19.9 Å². The maximum absolute atomic E-state index is 13.4. The second kappa shape index (κ2) is 9.13. The lowest BCUT2D eigenvalue weighted by Gasteiger charge is -2.25. The first kappa shape index (κ1) is 22.0. The Labute approximate surface area is 193 Å². The number of aromatic nitrogens is 1. The van der Waals surface area contributed by atoms with Gasteiger partial charge in [0.05, 0.1) is 40.8 Å². The number of carbonyl (C=O) groups is 2. The van der Waals surface area contributed by atoms with Gasteiger partial charge in [0.1, 0.15) is 18.1 Å². The summed E-state index contributed by atoms with van der Waals surface area (Å²) < 4.78 is 10.9. The number of nitrogens with zero attached hydrogens (tertiary/aromatic N) is 2. The van der Waals surface area contributed by atoms with Gasteiger partial charge >= 0.3 is 0 Å². The van der Waals surface area contributed by atoms with Crippen molar-refractivity contribution in [1.82, 2.24) is 9.88 Å². The molecule has 32 heavy (non-hydrogen) atoms. The van der Waals surface area contributed by atoms with E-state index in [0.717, 1.165) is 15.6 Å². The average Bonchev–Trinajstić information content (AvgIpc) is 3.49. The molecule has 166 valence electrons. The van der Waals surface area contributed by atoms with Gasteiger partial charge in [-0.15, -0.1) is 22.7 Å². The van der Waals surface area contributed by atoms with Crippen LogP contribution in [0.3, 0.4) is 0 Å². The number of aliphatic hydroxyl groups is 1. The van der Waals surface area contributed by atoms with Gasteiger partial charge in [0, 0.05) is 4.88 Å². The topological polar surface area (TPSA) is 89.0 Å². The molecule has 0 spiro atoms. The van der Waals surface area contributed by atoms with Gasteiger partial charge in [-0.25, -0.2) is 4.98 Å². The SMILES string of the molecule is COc1ccc(OCCN2C(=O)C(O)=C(C(=O)c3sc(C)nc3C)C2c2cccs2)cc1. The van der Waals surface area contributed by atoms with Crippen LogP contribution in [0.4, 0.5) is 0 Å². The fraction of sp³-hybridized carbons (Fsp3) is 0.261. The monoisotopic (exact) mass is 470 g/mol. The van der Waals surface area contributed by atoms with E-state index in [1.54, 1.807) is 38.3 Å². The number of hydrogen-bond acceptors (Lipinski definition) is 8. The zero-order valence-electron chi connectivity index (χ0n) is 17.8. The van der Waals surface area contributed by atoms with Crippen LogP contribution in [0.5, 0.6) is 11.5 Å². The summed E-state index contributed by atoms with van der Waals surface area (Å²) in [5.74, 6) is -0.103. The highest BCUT2D eigenvalue weighted by Gasteiger charge is 2.44. The number of hydrogen-bond donors (Lipinski definition) is 1. The Morgan fingerprint density at radius 2 is 1.91 bits per heavy atom. The number of methoxy groups -OCH3 is 1. The quantitative estimate of drug-likeness (QED) is 0.488. The standard InChI is InChI=1S/C23H22N2O5S2/c1-13-22(32-14(2)24-13)20(26)18-19(17-5-4-12-31-17)25(23(28)21(18)27)10-11-30-16-8-6-15(29-3)7-9-16/h4-9,12,19,27H,10-11H2,1-3H3. The van der Waals surface area contributed by atoms with E-state index in [0.29, 0.717) is 16.3 Å². The van der Waals surface area contributed by atoms with Crippen molar-refractivity contribution in [3.63, 3.8) is 0 Å². The molecule has 1 aromatic carbocycles. The van der Waals surface area contributed by atoms with E-state index in [1.165, 1.54) is 27.6 Å². The van der Waals surface area contributed by atoms with Crippen molar-refractivity contribution in [2.24, 2.45) is 0 Å². The number of carbonyl (C=O) groups excluding carboxylic acids is 2. The highest BCUT2D eigenvalue weighted by molar-refractivity contribution is 7.14. The molecule has 1 amide bonds. The third-order valence-electron chi connectivity index (χ3n) is 5.13. The molecular formula is C23H22N2O5S2. The van der Waals surface area contributed by atoms with Crippen LogP contribution in [0, 0.1) is 13.8 Å². The lowest BCUT2D eigenvalue weighted by molar-refractivity contribution is -0.129. The highest BCUT2D eigenvalue weighted by Crippen LogP contribution is 2.41.